The second-order valence-electron chi connectivity index (χ2n) is 5.57. The van der Waals surface area contributed by atoms with Gasteiger partial charge in [0.15, 0.2) is 0 Å². The van der Waals surface area contributed by atoms with Crippen LogP contribution in [0.25, 0.3) is 0 Å². The second kappa shape index (κ2) is 5.23. The smallest absolute Gasteiger partial charge is 0.240 e. The Labute approximate surface area is 115 Å². The van der Waals surface area contributed by atoms with Crippen molar-refractivity contribution in [2.24, 2.45) is 17.6 Å². The van der Waals surface area contributed by atoms with Crippen LogP contribution in [-0.4, -0.2) is 15.0 Å². The fourth-order valence-electron chi connectivity index (χ4n) is 2.36. The maximum atomic E-state index is 12.3. The van der Waals surface area contributed by atoms with E-state index in [1.54, 1.807) is 6.07 Å². The van der Waals surface area contributed by atoms with Gasteiger partial charge in [-0.25, -0.2) is 13.1 Å². The lowest BCUT2D eigenvalue weighted by molar-refractivity contribution is 0.574. The van der Waals surface area contributed by atoms with Gasteiger partial charge in [-0.15, -0.1) is 0 Å². The minimum absolute atomic E-state index is 0.354. The van der Waals surface area contributed by atoms with E-state index in [2.05, 4.69) is 11.6 Å². The zero-order valence-electron chi connectivity index (χ0n) is 11.7. The third-order valence-electron chi connectivity index (χ3n) is 3.95. The van der Waals surface area contributed by atoms with Crippen molar-refractivity contribution in [3.05, 3.63) is 28.8 Å². The van der Waals surface area contributed by atoms with Crippen LogP contribution in [0.3, 0.4) is 0 Å². The fraction of sp³-hybridized carbons (Fsp3) is 0.571. The largest absolute Gasteiger partial charge is 0.326 e. The molecule has 3 N–H and O–H groups in total. The van der Waals surface area contributed by atoms with Gasteiger partial charge in [0.1, 0.15) is 0 Å². The third kappa shape index (κ3) is 3.16. The lowest BCUT2D eigenvalue weighted by Crippen LogP contribution is -2.27. The molecule has 0 radical (unpaired) electrons. The molecular formula is C14H22N2O2S. The molecule has 1 aliphatic carbocycles. The maximum Gasteiger partial charge on any atom is 0.240 e. The van der Waals surface area contributed by atoms with E-state index in [-0.39, 0.29) is 0 Å². The topological polar surface area (TPSA) is 72.2 Å². The second-order valence-corrected chi connectivity index (χ2v) is 7.31. The van der Waals surface area contributed by atoms with Gasteiger partial charge < -0.3 is 5.73 Å². The Morgan fingerprint density at radius 1 is 1.32 bits per heavy atom. The maximum absolute atomic E-state index is 12.3. The molecule has 1 aliphatic rings. The molecule has 1 saturated carbocycles. The molecule has 1 fully saturated rings. The van der Waals surface area contributed by atoms with E-state index >= 15 is 0 Å². The predicted octanol–water partition coefficient (Wildman–Crippen LogP) is 1.70. The van der Waals surface area contributed by atoms with Crippen LogP contribution in [0, 0.1) is 25.7 Å². The van der Waals surface area contributed by atoms with Crippen molar-refractivity contribution >= 4 is 10.0 Å². The molecule has 5 heteroatoms. The number of hydrogen-bond donors (Lipinski definition) is 2. The lowest BCUT2D eigenvalue weighted by atomic mass is 10.1. The van der Waals surface area contributed by atoms with Crippen LogP contribution in [0.2, 0.25) is 0 Å². The summed E-state index contributed by atoms with van der Waals surface area (Å²) in [5.41, 5.74) is 8.33. The molecule has 2 unspecified atom stereocenters. The summed E-state index contributed by atoms with van der Waals surface area (Å²) in [4.78, 5) is 0.354. The Bertz CT molecular complexity index is 581. The lowest BCUT2D eigenvalue weighted by Gasteiger charge is -2.12. The van der Waals surface area contributed by atoms with E-state index < -0.39 is 10.0 Å². The van der Waals surface area contributed by atoms with Crippen molar-refractivity contribution < 1.29 is 8.42 Å². The van der Waals surface area contributed by atoms with Crippen molar-refractivity contribution in [2.75, 3.05) is 6.54 Å². The highest BCUT2D eigenvalue weighted by atomic mass is 32.2. The Hall–Kier alpha value is -0.910. The van der Waals surface area contributed by atoms with E-state index in [9.17, 15) is 8.42 Å². The summed E-state index contributed by atoms with van der Waals surface area (Å²) < 4.78 is 27.3. The normalized spacial score (nSPS) is 22.5. The number of hydrogen-bond acceptors (Lipinski definition) is 3. The Balaban J connectivity index is 2.23. The molecule has 106 valence electrons. The fourth-order valence-corrected chi connectivity index (χ4v) is 3.73. The van der Waals surface area contributed by atoms with E-state index in [4.69, 9.17) is 5.73 Å². The summed E-state index contributed by atoms with van der Waals surface area (Å²) in [5.74, 6) is 1.14. The van der Waals surface area contributed by atoms with Gasteiger partial charge in [0.05, 0.1) is 4.90 Å². The number of benzene rings is 1. The van der Waals surface area contributed by atoms with Crippen LogP contribution in [0.5, 0.6) is 0 Å². The average molecular weight is 282 g/mol. The van der Waals surface area contributed by atoms with Crippen LogP contribution >= 0.6 is 0 Å². The number of nitrogens with one attached hydrogen (secondary N) is 1. The van der Waals surface area contributed by atoms with Gasteiger partial charge in [0, 0.05) is 13.1 Å². The van der Waals surface area contributed by atoms with Crippen molar-refractivity contribution in [3.8, 4) is 0 Å². The van der Waals surface area contributed by atoms with Crippen molar-refractivity contribution in [1.82, 2.24) is 4.72 Å². The van der Waals surface area contributed by atoms with Crippen LogP contribution < -0.4 is 10.5 Å². The van der Waals surface area contributed by atoms with Gasteiger partial charge in [0.2, 0.25) is 10.0 Å². The molecule has 4 nitrogen and oxygen atoms in total. The molecule has 0 spiro atoms. The summed E-state index contributed by atoms with van der Waals surface area (Å²) in [6, 6.07) is 3.58. The van der Waals surface area contributed by atoms with Gasteiger partial charge >= 0.3 is 0 Å². The van der Waals surface area contributed by atoms with Gasteiger partial charge in [-0.1, -0.05) is 13.0 Å². The summed E-state index contributed by atoms with van der Waals surface area (Å²) in [7, 11) is -3.42. The summed E-state index contributed by atoms with van der Waals surface area (Å²) in [6.45, 7) is 6.80. The zero-order valence-corrected chi connectivity index (χ0v) is 12.5. The van der Waals surface area contributed by atoms with Crippen molar-refractivity contribution in [3.63, 3.8) is 0 Å². The van der Waals surface area contributed by atoms with Crippen LogP contribution in [0.1, 0.15) is 30.0 Å². The average Bonchev–Trinajstić information content (AvgIpc) is 3.03. The van der Waals surface area contributed by atoms with E-state index in [0.717, 1.165) is 23.1 Å². The Kier molecular flexibility index (Phi) is 3.99. The zero-order chi connectivity index (χ0) is 14.2. The molecule has 0 aromatic heterocycles. The molecule has 2 atom stereocenters. The first-order valence-electron chi connectivity index (χ1n) is 6.65. The first-order valence-corrected chi connectivity index (χ1v) is 8.13. The van der Waals surface area contributed by atoms with Crippen molar-refractivity contribution in [2.45, 2.75) is 38.6 Å². The molecule has 0 bridgehead atoms. The highest BCUT2D eigenvalue weighted by Crippen LogP contribution is 2.37. The van der Waals surface area contributed by atoms with Crippen LogP contribution in [0.4, 0.5) is 0 Å². The highest BCUT2D eigenvalue weighted by molar-refractivity contribution is 7.89. The first-order chi connectivity index (χ1) is 8.85. The molecule has 2 rings (SSSR count). The summed E-state index contributed by atoms with van der Waals surface area (Å²) in [5, 5.41) is 0. The monoisotopic (exact) mass is 282 g/mol. The Morgan fingerprint density at radius 2 is 1.95 bits per heavy atom. The summed E-state index contributed by atoms with van der Waals surface area (Å²) >= 11 is 0. The van der Waals surface area contributed by atoms with Gasteiger partial charge in [-0.05, 0) is 54.9 Å². The first kappa shape index (κ1) is 14.5. The van der Waals surface area contributed by atoms with Crippen LogP contribution in [0.15, 0.2) is 17.0 Å². The number of aryl methyl sites for hydroxylation is 2. The van der Waals surface area contributed by atoms with E-state index in [0.29, 0.717) is 29.8 Å². The Morgan fingerprint density at radius 3 is 2.47 bits per heavy atom. The molecule has 19 heavy (non-hydrogen) atoms. The number of rotatable bonds is 5. The quantitative estimate of drug-likeness (QED) is 0.863. The SMILES string of the molecule is Cc1cc(C)c(S(=O)(=O)NCC2CC2C)cc1CN. The predicted molar refractivity (Wildman–Crippen MR) is 76.3 cm³/mol. The minimum atomic E-state index is -3.42. The van der Waals surface area contributed by atoms with Gasteiger partial charge in [-0.3, -0.25) is 0 Å². The summed E-state index contributed by atoms with van der Waals surface area (Å²) in [6.07, 6.45) is 1.11. The molecule has 1 aromatic carbocycles. The van der Waals surface area contributed by atoms with Gasteiger partial charge in [-0.2, -0.15) is 0 Å². The molecule has 0 heterocycles. The van der Waals surface area contributed by atoms with E-state index in [1.807, 2.05) is 19.9 Å². The molecule has 1 aromatic rings. The molecule has 0 saturated heterocycles. The third-order valence-corrected chi connectivity index (χ3v) is 5.52. The van der Waals surface area contributed by atoms with Crippen molar-refractivity contribution in [1.29, 1.82) is 0 Å². The van der Waals surface area contributed by atoms with Crippen LogP contribution in [-0.2, 0) is 16.6 Å². The molecule has 0 amide bonds. The van der Waals surface area contributed by atoms with E-state index in [1.165, 1.54) is 0 Å². The standard InChI is InChI=1S/C14H22N2O2S/c1-9-4-11(3)14(6-12(9)7-15)19(17,18)16-8-13-5-10(13)2/h4,6,10,13,16H,5,7-8,15H2,1-3H3. The van der Waals surface area contributed by atoms with Gasteiger partial charge in [0.25, 0.3) is 0 Å². The molecular weight excluding hydrogens is 260 g/mol. The number of sulfonamides is 1. The molecule has 0 aliphatic heterocycles. The highest BCUT2D eigenvalue weighted by Gasteiger charge is 2.33. The number of nitrogens with two attached hydrogens (primary N) is 1. The minimum Gasteiger partial charge on any atom is -0.326 e.